The number of rotatable bonds is 1. The van der Waals surface area contributed by atoms with Crippen LogP contribution in [0.5, 0.6) is 0 Å². The maximum atomic E-state index is 5.44. The first kappa shape index (κ1) is 9.04. The van der Waals surface area contributed by atoms with Crippen molar-refractivity contribution in [3.8, 4) is 0 Å². The van der Waals surface area contributed by atoms with E-state index < -0.39 is 0 Å². The van der Waals surface area contributed by atoms with Crippen LogP contribution in [-0.4, -0.2) is 0 Å². The van der Waals surface area contributed by atoms with Crippen molar-refractivity contribution in [3.63, 3.8) is 0 Å². The first-order chi connectivity index (χ1) is 7.95. The fourth-order valence-electron chi connectivity index (χ4n) is 1.85. The Bertz CT molecular complexity index is 566. The molecule has 0 saturated carbocycles. The van der Waals surface area contributed by atoms with E-state index in [-0.39, 0.29) is 0 Å². The number of nitrogens with zero attached hydrogens (tertiary/aromatic N) is 1. The van der Waals surface area contributed by atoms with Gasteiger partial charge < -0.3 is 4.84 Å². The van der Waals surface area contributed by atoms with Crippen molar-refractivity contribution in [3.05, 3.63) is 67.1 Å². The number of benzene rings is 2. The minimum Gasteiger partial charge on any atom is -0.383 e. The van der Waals surface area contributed by atoms with Crippen LogP contribution in [0.25, 0.3) is 10.8 Å². The molecule has 0 radical (unpaired) electrons. The van der Waals surface area contributed by atoms with Gasteiger partial charge in [0.2, 0.25) is 0 Å². The van der Waals surface area contributed by atoms with Gasteiger partial charge in [-0.05, 0) is 23.6 Å². The molecule has 3 rings (SSSR count). The summed E-state index contributed by atoms with van der Waals surface area (Å²) in [6.45, 7) is 0. The Morgan fingerprint density at radius 2 is 1.75 bits per heavy atom. The van der Waals surface area contributed by atoms with Gasteiger partial charge in [0.1, 0.15) is 6.26 Å². The Labute approximate surface area is 94.0 Å². The summed E-state index contributed by atoms with van der Waals surface area (Å²) in [4.78, 5) is 5.44. The summed E-state index contributed by atoms with van der Waals surface area (Å²) in [5.74, 6) is 0. The molecule has 16 heavy (non-hydrogen) atoms. The van der Waals surface area contributed by atoms with Crippen LogP contribution in [0.4, 0.5) is 5.69 Å². The van der Waals surface area contributed by atoms with Crippen LogP contribution >= 0.6 is 0 Å². The zero-order valence-corrected chi connectivity index (χ0v) is 8.71. The van der Waals surface area contributed by atoms with Crippen molar-refractivity contribution >= 4 is 16.5 Å². The molecule has 1 heterocycles. The predicted molar refractivity (Wildman–Crippen MR) is 65.8 cm³/mol. The average molecular weight is 209 g/mol. The van der Waals surface area contributed by atoms with Gasteiger partial charge >= 0.3 is 0 Å². The monoisotopic (exact) mass is 209 g/mol. The molecule has 2 heteroatoms. The van der Waals surface area contributed by atoms with Crippen LogP contribution < -0.4 is 5.06 Å². The summed E-state index contributed by atoms with van der Waals surface area (Å²) in [7, 11) is 0. The second-order valence-corrected chi connectivity index (χ2v) is 3.60. The number of fused-ring (bicyclic) bond motifs is 1. The molecule has 0 bridgehead atoms. The Morgan fingerprint density at radius 3 is 2.62 bits per heavy atom. The van der Waals surface area contributed by atoms with Gasteiger partial charge in [-0.3, -0.25) is 0 Å². The van der Waals surface area contributed by atoms with E-state index >= 15 is 0 Å². The van der Waals surface area contributed by atoms with Gasteiger partial charge in [-0.2, -0.15) is 5.06 Å². The van der Waals surface area contributed by atoms with Gasteiger partial charge in [0.15, 0.2) is 0 Å². The quantitative estimate of drug-likeness (QED) is 0.711. The molecule has 0 aliphatic carbocycles. The van der Waals surface area contributed by atoms with Crippen LogP contribution in [0.2, 0.25) is 0 Å². The third-order valence-corrected chi connectivity index (χ3v) is 2.59. The molecular formula is C14H11NO. The summed E-state index contributed by atoms with van der Waals surface area (Å²) >= 11 is 0. The Morgan fingerprint density at radius 1 is 0.875 bits per heavy atom. The number of hydrogen-bond acceptors (Lipinski definition) is 2. The van der Waals surface area contributed by atoms with E-state index in [1.165, 1.54) is 10.8 Å². The summed E-state index contributed by atoms with van der Waals surface area (Å²) in [5.41, 5.74) is 1.05. The summed E-state index contributed by atoms with van der Waals surface area (Å²) in [6, 6.07) is 14.5. The predicted octanol–water partition coefficient (Wildman–Crippen LogP) is 3.62. The third-order valence-electron chi connectivity index (χ3n) is 2.59. The molecule has 0 aromatic heterocycles. The number of allylic oxidation sites excluding steroid dienone is 2. The van der Waals surface area contributed by atoms with E-state index in [2.05, 4.69) is 18.2 Å². The zero-order chi connectivity index (χ0) is 10.8. The first-order valence-electron chi connectivity index (χ1n) is 5.22. The molecule has 2 nitrogen and oxygen atoms in total. The topological polar surface area (TPSA) is 12.5 Å². The molecule has 0 spiro atoms. The molecule has 2 aromatic rings. The van der Waals surface area contributed by atoms with Crippen LogP contribution in [0, 0.1) is 0 Å². The lowest BCUT2D eigenvalue weighted by Crippen LogP contribution is -2.14. The minimum atomic E-state index is 1.05. The molecule has 0 saturated heterocycles. The Kier molecular flexibility index (Phi) is 2.11. The van der Waals surface area contributed by atoms with Crippen molar-refractivity contribution in [2.75, 3.05) is 5.06 Å². The summed E-state index contributed by atoms with van der Waals surface area (Å²) in [6.07, 6.45) is 7.39. The summed E-state index contributed by atoms with van der Waals surface area (Å²) in [5, 5.41) is 4.17. The summed E-state index contributed by atoms with van der Waals surface area (Å²) < 4.78 is 0. The van der Waals surface area contributed by atoms with E-state index in [9.17, 15) is 0 Å². The Hall–Kier alpha value is -2.22. The van der Waals surface area contributed by atoms with Crippen LogP contribution in [0.15, 0.2) is 67.1 Å². The van der Waals surface area contributed by atoms with E-state index in [0.717, 1.165) is 5.69 Å². The molecule has 0 atom stereocenters. The molecule has 2 aromatic carbocycles. The van der Waals surface area contributed by atoms with Crippen molar-refractivity contribution in [1.82, 2.24) is 0 Å². The highest BCUT2D eigenvalue weighted by molar-refractivity contribution is 5.94. The fraction of sp³-hybridized carbons (Fsp3) is 0. The number of hydroxylamine groups is 1. The van der Waals surface area contributed by atoms with Crippen molar-refractivity contribution < 1.29 is 4.84 Å². The van der Waals surface area contributed by atoms with Crippen LogP contribution in [0.1, 0.15) is 0 Å². The lowest BCUT2D eigenvalue weighted by molar-refractivity contribution is 0.246. The maximum Gasteiger partial charge on any atom is 0.120 e. The second kappa shape index (κ2) is 3.74. The molecule has 0 fully saturated rings. The van der Waals surface area contributed by atoms with Crippen molar-refractivity contribution in [1.29, 1.82) is 0 Å². The van der Waals surface area contributed by atoms with Gasteiger partial charge in [0, 0.05) is 11.6 Å². The minimum absolute atomic E-state index is 1.05. The van der Waals surface area contributed by atoms with Crippen molar-refractivity contribution in [2.24, 2.45) is 0 Å². The van der Waals surface area contributed by atoms with E-state index in [1.807, 2.05) is 42.6 Å². The molecule has 0 amide bonds. The highest BCUT2D eigenvalue weighted by Gasteiger charge is 2.08. The highest BCUT2D eigenvalue weighted by Crippen LogP contribution is 2.27. The fourth-order valence-corrected chi connectivity index (χ4v) is 1.85. The zero-order valence-electron chi connectivity index (χ0n) is 8.71. The van der Waals surface area contributed by atoms with Gasteiger partial charge in [-0.15, -0.1) is 0 Å². The van der Waals surface area contributed by atoms with Crippen LogP contribution in [-0.2, 0) is 4.84 Å². The van der Waals surface area contributed by atoms with E-state index in [1.54, 1.807) is 11.3 Å². The lowest BCUT2D eigenvalue weighted by atomic mass is 10.1. The molecular weight excluding hydrogens is 198 g/mol. The van der Waals surface area contributed by atoms with Crippen LogP contribution in [0.3, 0.4) is 0 Å². The lowest BCUT2D eigenvalue weighted by Gasteiger charge is -2.21. The van der Waals surface area contributed by atoms with Gasteiger partial charge in [-0.1, -0.05) is 36.4 Å². The van der Waals surface area contributed by atoms with E-state index in [0.29, 0.717) is 0 Å². The largest absolute Gasteiger partial charge is 0.383 e. The second-order valence-electron chi connectivity index (χ2n) is 3.60. The normalized spacial score (nSPS) is 14.1. The number of anilines is 1. The molecule has 0 N–H and O–H groups in total. The average Bonchev–Trinajstić information content (AvgIpc) is 2.39. The van der Waals surface area contributed by atoms with E-state index in [4.69, 9.17) is 4.84 Å². The molecule has 0 unspecified atom stereocenters. The highest BCUT2D eigenvalue weighted by atomic mass is 16.7. The molecule has 78 valence electrons. The smallest absolute Gasteiger partial charge is 0.120 e. The standard InChI is InChI=1S/C14H11NO/c1-2-8-13-12(6-1)7-5-9-14(13)15-10-3-4-11-16-15/h1-11H. The maximum absolute atomic E-state index is 5.44. The molecule has 1 aliphatic heterocycles. The van der Waals surface area contributed by atoms with Crippen molar-refractivity contribution in [2.45, 2.75) is 0 Å². The van der Waals surface area contributed by atoms with Gasteiger partial charge in [0.25, 0.3) is 0 Å². The SMILES string of the molecule is C1=CON(c2cccc3ccccc23)C=C1. The first-order valence-corrected chi connectivity index (χ1v) is 5.22. The third kappa shape index (κ3) is 1.44. The Balaban J connectivity index is 2.16. The van der Waals surface area contributed by atoms with Gasteiger partial charge in [0.05, 0.1) is 5.69 Å². The van der Waals surface area contributed by atoms with Gasteiger partial charge in [-0.25, -0.2) is 0 Å². The molecule has 1 aliphatic rings. The number of hydrogen-bond donors (Lipinski definition) is 0.